The van der Waals surface area contributed by atoms with Gasteiger partial charge in [-0.1, -0.05) is 54.4 Å². The van der Waals surface area contributed by atoms with Crippen molar-refractivity contribution in [3.63, 3.8) is 0 Å². The van der Waals surface area contributed by atoms with Crippen LogP contribution in [0.2, 0.25) is 10.0 Å². The van der Waals surface area contributed by atoms with Crippen molar-refractivity contribution in [1.29, 1.82) is 0 Å². The van der Waals surface area contributed by atoms with Gasteiger partial charge in [0.1, 0.15) is 6.29 Å². The van der Waals surface area contributed by atoms with Gasteiger partial charge >= 0.3 is 0 Å². The number of hydrogen-bond donors (Lipinski definition) is 1. The molecule has 1 aliphatic carbocycles. The molecule has 1 saturated carbocycles. The lowest BCUT2D eigenvalue weighted by atomic mass is 9.66. The molecule has 42 heavy (non-hydrogen) atoms. The molecule has 2 aromatic carbocycles. The summed E-state index contributed by atoms with van der Waals surface area (Å²) in [6.45, 7) is 1.47. The molecular formula is C29H36Cl2N2O7S2. The van der Waals surface area contributed by atoms with E-state index in [-0.39, 0.29) is 24.7 Å². The molecule has 5 atom stereocenters. The van der Waals surface area contributed by atoms with E-state index in [9.17, 15) is 26.4 Å². The number of carbonyl (C=O) groups is 2. The molecule has 0 bridgehead atoms. The van der Waals surface area contributed by atoms with Gasteiger partial charge in [0, 0.05) is 41.5 Å². The lowest BCUT2D eigenvalue weighted by Crippen LogP contribution is -2.58. The minimum absolute atomic E-state index is 0.129. The van der Waals surface area contributed by atoms with Crippen LogP contribution >= 0.6 is 23.2 Å². The number of carbonyl (C=O) groups excluding carboxylic acids is 2. The Morgan fingerprint density at radius 1 is 1.10 bits per heavy atom. The van der Waals surface area contributed by atoms with Crippen LogP contribution in [0.1, 0.15) is 62.1 Å². The van der Waals surface area contributed by atoms with Crippen LogP contribution in [0.25, 0.3) is 0 Å². The van der Waals surface area contributed by atoms with Crippen LogP contribution in [0.4, 0.5) is 0 Å². The van der Waals surface area contributed by atoms with Crippen LogP contribution in [0.5, 0.6) is 0 Å². The zero-order chi connectivity index (χ0) is 30.9. The molecule has 2 fully saturated rings. The minimum Gasteiger partial charge on any atom is -0.352 e. The third-order valence-corrected chi connectivity index (χ3v) is 11.8. The molecule has 1 N–H and O–H groups in total. The van der Waals surface area contributed by atoms with E-state index in [1.54, 1.807) is 37.4 Å². The summed E-state index contributed by atoms with van der Waals surface area (Å²) in [7, 11) is -5.84. The largest absolute Gasteiger partial charge is 0.352 e. The zero-order valence-electron chi connectivity index (χ0n) is 23.7. The molecule has 1 amide bonds. The van der Waals surface area contributed by atoms with Crippen molar-refractivity contribution in [1.82, 2.24) is 9.62 Å². The second-order valence-corrected chi connectivity index (χ2v) is 16.3. The predicted molar refractivity (Wildman–Crippen MR) is 162 cm³/mol. The van der Waals surface area contributed by atoms with Crippen LogP contribution in [-0.2, 0) is 33.9 Å². The average molecular weight is 660 g/mol. The van der Waals surface area contributed by atoms with E-state index >= 15 is 0 Å². The van der Waals surface area contributed by atoms with Gasteiger partial charge in [0.05, 0.1) is 23.5 Å². The maximum absolute atomic E-state index is 13.7. The van der Waals surface area contributed by atoms with Crippen molar-refractivity contribution in [2.24, 2.45) is 11.3 Å². The van der Waals surface area contributed by atoms with Gasteiger partial charge in [-0.25, -0.2) is 8.42 Å². The lowest BCUT2D eigenvalue weighted by Gasteiger charge is -2.46. The number of piperidine rings is 1. The number of sulfonamides is 1. The van der Waals surface area contributed by atoms with E-state index in [1.165, 1.54) is 4.31 Å². The summed E-state index contributed by atoms with van der Waals surface area (Å²) < 4.78 is 56.9. The summed E-state index contributed by atoms with van der Waals surface area (Å²) in [5.41, 5.74) is 0.155. The van der Waals surface area contributed by atoms with Crippen LogP contribution in [0.3, 0.4) is 0 Å². The van der Waals surface area contributed by atoms with Crippen molar-refractivity contribution in [3.05, 3.63) is 69.7 Å². The first-order valence-electron chi connectivity index (χ1n) is 13.7. The SMILES string of the molecule is CC(C[C@@H](c1ccc(Cl)cc1)N(C)S(=O)(=O)C1CC1)[C@@H]1NC(=O)[C@@](CC=O)(COS(C)(=O)=O)C[C@@H]1c1cccc(Cl)c1. The molecule has 1 saturated heterocycles. The normalized spacial score (nSPS) is 24.7. The Kier molecular flexibility index (Phi) is 10.1. The van der Waals surface area contributed by atoms with Gasteiger partial charge in [0.15, 0.2) is 0 Å². The first-order chi connectivity index (χ1) is 19.7. The van der Waals surface area contributed by atoms with Crippen molar-refractivity contribution < 1.29 is 30.6 Å². The van der Waals surface area contributed by atoms with E-state index in [1.807, 2.05) is 25.1 Å². The predicted octanol–water partition coefficient (Wildman–Crippen LogP) is 4.71. The van der Waals surface area contributed by atoms with Crippen LogP contribution in [0.15, 0.2) is 48.5 Å². The Balaban J connectivity index is 1.71. The Morgan fingerprint density at radius 2 is 1.76 bits per heavy atom. The molecule has 0 radical (unpaired) electrons. The third-order valence-electron chi connectivity index (χ3n) is 8.37. The summed E-state index contributed by atoms with van der Waals surface area (Å²) in [6, 6.07) is 13.2. The second-order valence-electron chi connectivity index (χ2n) is 11.5. The highest BCUT2D eigenvalue weighted by atomic mass is 35.5. The number of nitrogens with zero attached hydrogens (tertiary/aromatic N) is 1. The van der Waals surface area contributed by atoms with Gasteiger partial charge in [-0.2, -0.15) is 12.7 Å². The fraction of sp³-hybridized carbons (Fsp3) is 0.517. The van der Waals surface area contributed by atoms with Gasteiger partial charge < -0.3 is 10.1 Å². The van der Waals surface area contributed by atoms with Gasteiger partial charge in [0.25, 0.3) is 10.1 Å². The maximum Gasteiger partial charge on any atom is 0.264 e. The fourth-order valence-corrected chi connectivity index (χ4v) is 8.37. The molecule has 9 nitrogen and oxygen atoms in total. The smallest absolute Gasteiger partial charge is 0.264 e. The highest BCUT2D eigenvalue weighted by Gasteiger charge is 2.50. The number of hydrogen-bond acceptors (Lipinski definition) is 7. The number of halogens is 2. The van der Waals surface area contributed by atoms with E-state index in [4.69, 9.17) is 27.4 Å². The van der Waals surface area contributed by atoms with E-state index in [0.717, 1.165) is 17.4 Å². The molecule has 13 heteroatoms. The van der Waals surface area contributed by atoms with Crippen molar-refractivity contribution in [2.45, 2.75) is 62.3 Å². The number of benzene rings is 2. The van der Waals surface area contributed by atoms with Gasteiger partial charge in [-0.15, -0.1) is 0 Å². The highest BCUT2D eigenvalue weighted by Crippen LogP contribution is 2.46. The van der Waals surface area contributed by atoms with Crippen LogP contribution < -0.4 is 5.32 Å². The fourth-order valence-electron chi connectivity index (χ4n) is 5.84. The van der Waals surface area contributed by atoms with E-state index < -0.39 is 55.4 Å². The standard InChI is InChI=1S/C29H36Cl2N2O7S2/c1-19(15-26(20-7-9-22(30)10-8-20)33(2)42(38,39)24-11-12-24)27-25(21-5-4-6-23(31)16-21)17-29(13-14-34,28(35)32-27)18-40-41(3,36)37/h4-10,14,16,19,24-27H,11-13,15,17-18H2,1-3H3,(H,32,35)/t19?,25-,26+,27+,29-/m1/s1. The van der Waals surface area contributed by atoms with Gasteiger partial charge in [-0.3, -0.25) is 8.98 Å². The Bertz CT molecular complexity index is 1510. The summed E-state index contributed by atoms with van der Waals surface area (Å²) in [5, 5.41) is 3.68. The number of nitrogens with one attached hydrogen (secondary N) is 1. The minimum atomic E-state index is -3.89. The summed E-state index contributed by atoms with van der Waals surface area (Å²) in [4.78, 5) is 25.4. The summed E-state index contributed by atoms with van der Waals surface area (Å²) >= 11 is 12.5. The Labute approximate surface area is 258 Å². The van der Waals surface area contributed by atoms with E-state index in [2.05, 4.69) is 5.32 Å². The molecule has 2 aromatic rings. The van der Waals surface area contributed by atoms with E-state index in [0.29, 0.717) is 35.6 Å². The summed E-state index contributed by atoms with van der Waals surface area (Å²) in [6.07, 6.45) is 3.00. The zero-order valence-corrected chi connectivity index (χ0v) is 26.8. The Morgan fingerprint density at radius 3 is 2.33 bits per heavy atom. The maximum atomic E-state index is 13.7. The number of aldehydes is 1. The highest BCUT2D eigenvalue weighted by molar-refractivity contribution is 7.90. The second kappa shape index (κ2) is 12.9. The number of rotatable bonds is 13. The molecule has 1 heterocycles. The average Bonchev–Trinajstić information content (AvgIpc) is 3.78. The molecule has 230 valence electrons. The molecule has 1 unspecified atom stereocenters. The molecule has 0 aromatic heterocycles. The molecule has 0 spiro atoms. The molecule has 2 aliphatic rings. The van der Waals surface area contributed by atoms with Crippen LogP contribution in [-0.4, -0.2) is 64.5 Å². The van der Waals surface area contributed by atoms with Crippen molar-refractivity contribution >= 4 is 55.5 Å². The lowest BCUT2D eigenvalue weighted by molar-refractivity contribution is -0.141. The van der Waals surface area contributed by atoms with Crippen molar-refractivity contribution in [2.75, 3.05) is 19.9 Å². The topological polar surface area (TPSA) is 127 Å². The third kappa shape index (κ3) is 7.54. The van der Waals surface area contributed by atoms with Crippen molar-refractivity contribution in [3.8, 4) is 0 Å². The first kappa shape index (κ1) is 32.9. The first-order valence-corrected chi connectivity index (χ1v) is 17.8. The summed E-state index contributed by atoms with van der Waals surface area (Å²) in [5.74, 6) is -1.13. The molecule has 1 aliphatic heterocycles. The van der Waals surface area contributed by atoms with Gasteiger partial charge in [0.2, 0.25) is 15.9 Å². The van der Waals surface area contributed by atoms with Gasteiger partial charge in [-0.05, 0) is 67.0 Å². The Hall–Kier alpha value is -2.02. The molecule has 4 rings (SSSR count). The molecular weight excluding hydrogens is 623 g/mol. The van der Waals surface area contributed by atoms with Crippen LogP contribution in [0, 0.1) is 11.3 Å². The number of amides is 1. The monoisotopic (exact) mass is 658 g/mol. The quantitative estimate of drug-likeness (QED) is 0.244.